The zero-order valence-electron chi connectivity index (χ0n) is 11.4. The number of pyridine rings is 1. The first-order chi connectivity index (χ1) is 9.81. The van der Waals surface area contributed by atoms with Crippen molar-refractivity contribution >= 4 is 27.3 Å². The van der Waals surface area contributed by atoms with Gasteiger partial charge in [-0.25, -0.2) is 17.9 Å². The van der Waals surface area contributed by atoms with Gasteiger partial charge in [-0.3, -0.25) is 4.98 Å². The second-order valence-corrected chi connectivity index (χ2v) is 7.50. The lowest BCUT2D eigenvalue weighted by Gasteiger charge is -2.13. The van der Waals surface area contributed by atoms with E-state index in [1.807, 2.05) is 0 Å². The number of hydrogen-bond donors (Lipinski definition) is 2. The molecule has 21 heavy (non-hydrogen) atoms. The van der Waals surface area contributed by atoms with Gasteiger partial charge in [0, 0.05) is 18.4 Å². The molecule has 0 unspecified atom stereocenters. The van der Waals surface area contributed by atoms with Gasteiger partial charge in [-0.15, -0.1) is 11.3 Å². The van der Waals surface area contributed by atoms with Crippen LogP contribution in [0.2, 0.25) is 0 Å². The maximum absolute atomic E-state index is 12.3. The Bertz CT molecular complexity index is 754. The third kappa shape index (κ3) is 3.46. The lowest BCUT2D eigenvalue weighted by atomic mass is 10.1. The third-order valence-electron chi connectivity index (χ3n) is 2.89. The van der Waals surface area contributed by atoms with Gasteiger partial charge in [0.15, 0.2) is 0 Å². The molecule has 1 atom stereocenters. The summed E-state index contributed by atoms with van der Waals surface area (Å²) in [7, 11) is -3.76. The van der Waals surface area contributed by atoms with Crippen molar-refractivity contribution in [2.45, 2.75) is 24.1 Å². The first-order valence-corrected chi connectivity index (χ1v) is 8.37. The maximum atomic E-state index is 12.3. The summed E-state index contributed by atoms with van der Waals surface area (Å²) in [6.07, 6.45) is 3.16. The molecule has 0 fully saturated rings. The predicted octanol–water partition coefficient (Wildman–Crippen LogP) is 2.19. The summed E-state index contributed by atoms with van der Waals surface area (Å²) in [5.74, 6) is -1.12. The summed E-state index contributed by atoms with van der Waals surface area (Å²) in [5.41, 5.74) is 1.21. The highest BCUT2D eigenvalue weighted by Gasteiger charge is 2.23. The fourth-order valence-corrected chi connectivity index (χ4v) is 4.44. The second-order valence-electron chi connectivity index (χ2n) is 4.51. The first-order valence-electron chi connectivity index (χ1n) is 6.07. The van der Waals surface area contributed by atoms with E-state index in [0.29, 0.717) is 5.56 Å². The molecule has 0 saturated carbocycles. The highest BCUT2D eigenvalue weighted by atomic mass is 32.2. The molecule has 0 radical (unpaired) electrons. The molecule has 0 bridgehead atoms. The molecule has 2 aromatic rings. The SMILES string of the molecule is Cc1cc(S(=O)(=O)N[C@@H](C)c2ccncc2)sc1C(=O)O. The van der Waals surface area contributed by atoms with Crippen molar-refractivity contribution in [1.82, 2.24) is 9.71 Å². The zero-order valence-corrected chi connectivity index (χ0v) is 13.0. The molecule has 0 aliphatic carbocycles. The molecule has 0 spiro atoms. The highest BCUT2D eigenvalue weighted by Crippen LogP contribution is 2.27. The van der Waals surface area contributed by atoms with Crippen molar-refractivity contribution in [3.05, 3.63) is 46.6 Å². The number of aromatic carboxylic acids is 1. The number of nitrogens with one attached hydrogen (secondary N) is 1. The van der Waals surface area contributed by atoms with Crippen LogP contribution in [0.1, 0.15) is 33.8 Å². The lowest BCUT2D eigenvalue weighted by Crippen LogP contribution is -2.26. The minimum atomic E-state index is -3.76. The van der Waals surface area contributed by atoms with Crippen LogP contribution in [-0.2, 0) is 10.0 Å². The van der Waals surface area contributed by atoms with Gasteiger partial charge in [0.1, 0.15) is 9.09 Å². The number of carboxylic acid groups (broad SMARTS) is 1. The van der Waals surface area contributed by atoms with E-state index in [1.165, 1.54) is 6.07 Å². The van der Waals surface area contributed by atoms with Crippen LogP contribution < -0.4 is 4.72 Å². The van der Waals surface area contributed by atoms with E-state index >= 15 is 0 Å². The fourth-order valence-electron chi connectivity index (χ4n) is 1.81. The van der Waals surface area contributed by atoms with Gasteiger partial charge in [0.2, 0.25) is 0 Å². The van der Waals surface area contributed by atoms with E-state index in [4.69, 9.17) is 5.11 Å². The van der Waals surface area contributed by atoms with Crippen LogP contribution in [0.25, 0.3) is 0 Å². The van der Waals surface area contributed by atoms with Crippen molar-refractivity contribution in [3.8, 4) is 0 Å². The van der Waals surface area contributed by atoms with Crippen LogP contribution in [0.3, 0.4) is 0 Å². The monoisotopic (exact) mass is 326 g/mol. The van der Waals surface area contributed by atoms with Gasteiger partial charge in [-0.1, -0.05) is 0 Å². The largest absolute Gasteiger partial charge is 0.477 e. The third-order valence-corrected chi connectivity index (χ3v) is 6.13. The molecular formula is C13H14N2O4S2. The zero-order chi connectivity index (χ0) is 15.6. The maximum Gasteiger partial charge on any atom is 0.346 e. The summed E-state index contributed by atoms with van der Waals surface area (Å²) in [5, 5.41) is 8.99. The average Bonchev–Trinajstić information content (AvgIpc) is 2.82. The van der Waals surface area contributed by atoms with Crippen LogP contribution in [-0.4, -0.2) is 24.5 Å². The fraction of sp³-hybridized carbons (Fsp3) is 0.231. The number of thiophene rings is 1. The van der Waals surface area contributed by atoms with Crippen molar-refractivity contribution in [2.24, 2.45) is 0 Å². The number of carboxylic acids is 1. The van der Waals surface area contributed by atoms with Crippen molar-refractivity contribution in [2.75, 3.05) is 0 Å². The Labute approximate surface area is 126 Å². The van der Waals surface area contributed by atoms with Crippen LogP contribution in [0.5, 0.6) is 0 Å². The molecule has 0 saturated heterocycles. The van der Waals surface area contributed by atoms with Crippen LogP contribution in [0, 0.1) is 6.92 Å². The number of hydrogen-bond acceptors (Lipinski definition) is 5. The molecule has 112 valence electrons. The summed E-state index contributed by atoms with van der Waals surface area (Å²) in [4.78, 5) is 14.9. The van der Waals surface area contributed by atoms with Gasteiger partial charge < -0.3 is 5.11 Å². The summed E-state index contributed by atoms with van der Waals surface area (Å²) < 4.78 is 27.1. The molecule has 6 nitrogen and oxygen atoms in total. The van der Waals surface area contributed by atoms with Crippen LogP contribution >= 0.6 is 11.3 Å². The molecule has 2 N–H and O–H groups in total. The summed E-state index contributed by atoms with van der Waals surface area (Å²) >= 11 is 0.749. The van der Waals surface area contributed by atoms with Crippen LogP contribution in [0.15, 0.2) is 34.8 Å². The Hall–Kier alpha value is -1.77. The van der Waals surface area contributed by atoms with Gasteiger partial charge in [0.25, 0.3) is 10.0 Å². The minimum Gasteiger partial charge on any atom is -0.477 e. The smallest absolute Gasteiger partial charge is 0.346 e. The highest BCUT2D eigenvalue weighted by molar-refractivity contribution is 7.91. The minimum absolute atomic E-state index is 0.00157. The molecule has 2 aromatic heterocycles. The topological polar surface area (TPSA) is 96.4 Å². The summed E-state index contributed by atoms with van der Waals surface area (Å²) in [6, 6.07) is 4.37. The number of nitrogens with zero attached hydrogens (tertiary/aromatic N) is 1. The van der Waals surface area contributed by atoms with E-state index in [1.54, 1.807) is 38.4 Å². The molecule has 0 aliphatic rings. The van der Waals surface area contributed by atoms with E-state index in [-0.39, 0.29) is 9.09 Å². The lowest BCUT2D eigenvalue weighted by molar-refractivity contribution is 0.0701. The second kappa shape index (κ2) is 5.92. The Balaban J connectivity index is 2.27. The van der Waals surface area contributed by atoms with Gasteiger partial charge in [-0.05, 0) is 43.2 Å². The van der Waals surface area contributed by atoms with E-state index in [9.17, 15) is 13.2 Å². The number of aryl methyl sites for hydroxylation is 1. The van der Waals surface area contributed by atoms with Gasteiger partial charge in [0.05, 0.1) is 0 Å². The van der Waals surface area contributed by atoms with Crippen molar-refractivity contribution in [1.29, 1.82) is 0 Å². The Morgan fingerprint density at radius 1 is 1.38 bits per heavy atom. The Morgan fingerprint density at radius 3 is 2.52 bits per heavy atom. The van der Waals surface area contributed by atoms with Gasteiger partial charge in [-0.2, -0.15) is 0 Å². The predicted molar refractivity (Wildman–Crippen MR) is 79.0 cm³/mol. The number of carbonyl (C=O) groups is 1. The molecule has 2 rings (SSSR count). The number of sulfonamides is 1. The molecule has 8 heteroatoms. The molecule has 0 amide bonds. The average molecular weight is 326 g/mol. The Morgan fingerprint density at radius 2 is 2.00 bits per heavy atom. The molecule has 0 aliphatic heterocycles. The molecule has 2 heterocycles. The van der Waals surface area contributed by atoms with Crippen molar-refractivity contribution in [3.63, 3.8) is 0 Å². The molecule has 0 aromatic carbocycles. The summed E-state index contributed by atoms with van der Waals surface area (Å²) in [6.45, 7) is 3.29. The van der Waals surface area contributed by atoms with Crippen LogP contribution in [0.4, 0.5) is 0 Å². The Kier molecular flexibility index (Phi) is 4.40. The standard InChI is InChI=1S/C13H14N2O4S2/c1-8-7-11(20-12(8)13(16)17)21(18,19)15-9(2)10-3-5-14-6-4-10/h3-7,9,15H,1-2H3,(H,16,17)/t9-/m0/s1. The van der Waals surface area contributed by atoms with Gasteiger partial charge >= 0.3 is 5.97 Å². The molecular weight excluding hydrogens is 312 g/mol. The number of aromatic nitrogens is 1. The van der Waals surface area contributed by atoms with E-state index in [2.05, 4.69) is 9.71 Å². The quantitative estimate of drug-likeness (QED) is 0.878. The first kappa shape index (κ1) is 15.6. The van der Waals surface area contributed by atoms with Crippen molar-refractivity contribution < 1.29 is 18.3 Å². The normalized spacial score (nSPS) is 13.0. The number of rotatable bonds is 5. The van der Waals surface area contributed by atoms with E-state index in [0.717, 1.165) is 16.9 Å². The van der Waals surface area contributed by atoms with E-state index < -0.39 is 22.0 Å².